The minimum absolute atomic E-state index is 0.174. The van der Waals surface area contributed by atoms with E-state index in [-0.39, 0.29) is 29.7 Å². The van der Waals surface area contributed by atoms with E-state index in [9.17, 15) is 9.59 Å². The third-order valence-corrected chi connectivity index (χ3v) is 5.81. The Morgan fingerprint density at radius 2 is 1.83 bits per heavy atom. The molecule has 0 aromatic carbocycles. The van der Waals surface area contributed by atoms with Crippen LogP contribution in [-0.2, 0) is 14.3 Å². The van der Waals surface area contributed by atoms with Gasteiger partial charge in [-0.25, -0.2) is 0 Å². The van der Waals surface area contributed by atoms with E-state index in [1.807, 2.05) is 0 Å². The molecule has 0 saturated carbocycles. The lowest BCUT2D eigenvalue weighted by Crippen LogP contribution is -2.28. The standard InChI is InChI=1S/C21H38O3/c1-6-9-10-16(4)12-17(5)14-21(8-3,11-7-2)15-18-13-19(22)24-20(18)23/h16-18H,6-15H2,1-5H3. The summed E-state index contributed by atoms with van der Waals surface area (Å²) in [5.41, 5.74) is 0.174. The number of esters is 2. The summed E-state index contributed by atoms with van der Waals surface area (Å²) in [6.45, 7) is 11.4. The third-order valence-electron chi connectivity index (χ3n) is 5.81. The van der Waals surface area contributed by atoms with Crippen LogP contribution in [0, 0.1) is 23.2 Å². The molecule has 140 valence electrons. The molecule has 1 aliphatic rings. The van der Waals surface area contributed by atoms with Crippen LogP contribution in [0.4, 0.5) is 0 Å². The highest BCUT2D eigenvalue weighted by Crippen LogP contribution is 2.44. The summed E-state index contributed by atoms with van der Waals surface area (Å²) in [5.74, 6) is 0.588. The largest absolute Gasteiger partial charge is 0.393 e. The Morgan fingerprint density at radius 1 is 1.12 bits per heavy atom. The molecule has 4 unspecified atom stereocenters. The maximum Gasteiger partial charge on any atom is 0.317 e. The second-order valence-corrected chi connectivity index (χ2v) is 8.29. The minimum Gasteiger partial charge on any atom is -0.393 e. The summed E-state index contributed by atoms with van der Waals surface area (Å²) in [7, 11) is 0. The van der Waals surface area contributed by atoms with Gasteiger partial charge in [0.25, 0.3) is 0 Å². The molecule has 0 radical (unpaired) electrons. The average Bonchev–Trinajstić information content (AvgIpc) is 2.82. The van der Waals surface area contributed by atoms with Gasteiger partial charge in [0.15, 0.2) is 0 Å². The van der Waals surface area contributed by atoms with Crippen LogP contribution in [0.5, 0.6) is 0 Å². The van der Waals surface area contributed by atoms with E-state index in [0.717, 1.165) is 38.0 Å². The number of cyclic esters (lactones) is 2. The topological polar surface area (TPSA) is 43.4 Å². The van der Waals surface area contributed by atoms with Crippen molar-refractivity contribution in [3.8, 4) is 0 Å². The fraction of sp³-hybridized carbons (Fsp3) is 0.905. The molecule has 3 heteroatoms. The Bertz CT molecular complexity index is 404. The van der Waals surface area contributed by atoms with Crippen LogP contribution < -0.4 is 0 Å². The molecule has 1 rings (SSSR count). The predicted molar refractivity (Wildman–Crippen MR) is 98.5 cm³/mol. The summed E-state index contributed by atoms with van der Waals surface area (Å²) >= 11 is 0. The zero-order valence-electron chi connectivity index (χ0n) is 16.5. The number of carbonyl (C=O) groups is 2. The highest BCUT2D eigenvalue weighted by Gasteiger charge is 2.40. The molecule has 0 spiro atoms. The molecule has 0 bridgehead atoms. The second-order valence-electron chi connectivity index (χ2n) is 8.29. The number of unbranched alkanes of at least 4 members (excludes halogenated alkanes) is 1. The Balaban J connectivity index is 2.68. The van der Waals surface area contributed by atoms with Crippen molar-refractivity contribution in [2.75, 3.05) is 0 Å². The van der Waals surface area contributed by atoms with E-state index in [1.165, 1.54) is 25.7 Å². The van der Waals surface area contributed by atoms with Gasteiger partial charge in [-0.2, -0.15) is 0 Å². The van der Waals surface area contributed by atoms with Gasteiger partial charge in [0.2, 0.25) is 0 Å². The summed E-state index contributed by atoms with van der Waals surface area (Å²) in [5, 5.41) is 0. The Labute approximate surface area is 148 Å². The summed E-state index contributed by atoms with van der Waals surface area (Å²) < 4.78 is 4.78. The molecule has 0 aromatic rings. The fourth-order valence-corrected chi connectivity index (χ4v) is 4.66. The molecule has 1 fully saturated rings. The quantitative estimate of drug-likeness (QED) is 0.328. The normalized spacial score (nSPS) is 23.0. The molecule has 0 aromatic heterocycles. The molecule has 4 atom stereocenters. The first kappa shape index (κ1) is 21.2. The fourth-order valence-electron chi connectivity index (χ4n) is 4.66. The first-order valence-electron chi connectivity index (χ1n) is 10.1. The maximum atomic E-state index is 11.9. The number of ether oxygens (including phenoxy) is 1. The molecular formula is C21H38O3. The van der Waals surface area contributed by atoms with Crippen LogP contribution in [0.3, 0.4) is 0 Å². The van der Waals surface area contributed by atoms with Crippen molar-refractivity contribution >= 4 is 11.9 Å². The third kappa shape index (κ3) is 6.57. The number of carbonyl (C=O) groups excluding carboxylic acids is 2. The first-order chi connectivity index (χ1) is 11.4. The van der Waals surface area contributed by atoms with Gasteiger partial charge < -0.3 is 4.74 Å². The van der Waals surface area contributed by atoms with Gasteiger partial charge in [0.1, 0.15) is 0 Å². The van der Waals surface area contributed by atoms with Crippen LogP contribution in [0.1, 0.15) is 98.8 Å². The molecule has 3 nitrogen and oxygen atoms in total. The van der Waals surface area contributed by atoms with E-state index in [0.29, 0.717) is 5.92 Å². The highest BCUT2D eigenvalue weighted by molar-refractivity contribution is 5.94. The number of hydrogen-bond acceptors (Lipinski definition) is 3. The van der Waals surface area contributed by atoms with Crippen LogP contribution in [0.15, 0.2) is 0 Å². The summed E-state index contributed by atoms with van der Waals surface area (Å²) in [6.07, 6.45) is 10.8. The Morgan fingerprint density at radius 3 is 2.33 bits per heavy atom. The monoisotopic (exact) mass is 338 g/mol. The van der Waals surface area contributed by atoms with Gasteiger partial charge in [-0.1, -0.05) is 66.7 Å². The van der Waals surface area contributed by atoms with Crippen molar-refractivity contribution in [2.24, 2.45) is 23.2 Å². The molecule has 0 amide bonds. The van der Waals surface area contributed by atoms with Crippen molar-refractivity contribution in [3.63, 3.8) is 0 Å². The van der Waals surface area contributed by atoms with E-state index in [2.05, 4.69) is 34.6 Å². The van der Waals surface area contributed by atoms with Crippen molar-refractivity contribution in [2.45, 2.75) is 98.8 Å². The van der Waals surface area contributed by atoms with Crippen LogP contribution in [-0.4, -0.2) is 11.9 Å². The van der Waals surface area contributed by atoms with Crippen LogP contribution in [0.25, 0.3) is 0 Å². The predicted octanol–water partition coefficient (Wildman–Crippen LogP) is 5.91. The van der Waals surface area contributed by atoms with Crippen molar-refractivity contribution in [1.82, 2.24) is 0 Å². The van der Waals surface area contributed by atoms with Crippen molar-refractivity contribution in [3.05, 3.63) is 0 Å². The SMILES string of the molecule is CCCCC(C)CC(C)CC(CC)(CCC)CC1CC(=O)OC1=O. The molecular weight excluding hydrogens is 300 g/mol. The smallest absolute Gasteiger partial charge is 0.317 e. The van der Waals surface area contributed by atoms with Crippen LogP contribution in [0.2, 0.25) is 0 Å². The lowest BCUT2D eigenvalue weighted by atomic mass is 9.67. The van der Waals surface area contributed by atoms with E-state index < -0.39 is 0 Å². The van der Waals surface area contributed by atoms with Gasteiger partial charge in [-0.15, -0.1) is 0 Å². The number of hydrogen-bond donors (Lipinski definition) is 0. The molecule has 0 aliphatic carbocycles. The first-order valence-corrected chi connectivity index (χ1v) is 10.1. The average molecular weight is 339 g/mol. The highest BCUT2D eigenvalue weighted by atomic mass is 16.6. The lowest BCUT2D eigenvalue weighted by molar-refractivity contribution is -0.153. The molecule has 0 N–H and O–H groups in total. The van der Waals surface area contributed by atoms with Gasteiger partial charge >= 0.3 is 11.9 Å². The van der Waals surface area contributed by atoms with Crippen LogP contribution >= 0.6 is 0 Å². The molecule has 1 heterocycles. The minimum atomic E-state index is -0.340. The van der Waals surface area contributed by atoms with Crippen molar-refractivity contribution < 1.29 is 14.3 Å². The zero-order valence-corrected chi connectivity index (χ0v) is 16.5. The van der Waals surface area contributed by atoms with Gasteiger partial charge in [-0.3, -0.25) is 9.59 Å². The molecule has 1 saturated heterocycles. The van der Waals surface area contributed by atoms with E-state index in [1.54, 1.807) is 0 Å². The molecule has 24 heavy (non-hydrogen) atoms. The van der Waals surface area contributed by atoms with Gasteiger partial charge in [0.05, 0.1) is 12.3 Å². The molecule has 1 aliphatic heterocycles. The van der Waals surface area contributed by atoms with E-state index >= 15 is 0 Å². The summed E-state index contributed by atoms with van der Waals surface area (Å²) in [6, 6.07) is 0. The lowest BCUT2D eigenvalue weighted by Gasteiger charge is -2.37. The Hall–Kier alpha value is -0.860. The number of rotatable bonds is 12. The van der Waals surface area contributed by atoms with Gasteiger partial charge in [-0.05, 0) is 42.9 Å². The Kier molecular flexibility index (Phi) is 9.01. The maximum absolute atomic E-state index is 11.9. The summed E-state index contributed by atoms with van der Waals surface area (Å²) in [4.78, 5) is 23.3. The zero-order chi connectivity index (χ0) is 18.2. The second kappa shape index (κ2) is 10.2. The van der Waals surface area contributed by atoms with Gasteiger partial charge in [0, 0.05) is 0 Å². The van der Waals surface area contributed by atoms with E-state index in [4.69, 9.17) is 4.74 Å². The van der Waals surface area contributed by atoms with Crippen molar-refractivity contribution in [1.29, 1.82) is 0 Å².